The van der Waals surface area contributed by atoms with Crippen LogP contribution < -0.4 is 10.9 Å². The molecule has 0 unspecified atom stereocenters. The van der Waals surface area contributed by atoms with Crippen molar-refractivity contribution in [1.82, 2.24) is 14.9 Å². The molecule has 1 aromatic heterocycles. The Morgan fingerprint density at radius 3 is 2.77 bits per heavy atom. The van der Waals surface area contributed by atoms with Gasteiger partial charge >= 0.3 is 0 Å². The van der Waals surface area contributed by atoms with Crippen molar-refractivity contribution in [2.45, 2.75) is 82.0 Å². The number of thioether (sulfide) groups is 1. The lowest BCUT2D eigenvalue weighted by Gasteiger charge is -2.22. The summed E-state index contributed by atoms with van der Waals surface area (Å²) in [4.78, 5) is 30.4. The van der Waals surface area contributed by atoms with Gasteiger partial charge in [-0.2, -0.15) is 0 Å². The second kappa shape index (κ2) is 10.3. The van der Waals surface area contributed by atoms with Crippen LogP contribution in [0.5, 0.6) is 0 Å². The summed E-state index contributed by atoms with van der Waals surface area (Å²) in [6.07, 6.45) is 13.8. The number of nitrogens with zero attached hydrogens (tertiary/aromatic N) is 2. The molecular weight excluding hydrogens is 394 g/mol. The summed E-state index contributed by atoms with van der Waals surface area (Å²) >= 11 is 1.38. The molecule has 1 N–H and O–H groups in total. The Labute approximate surface area is 182 Å². The van der Waals surface area contributed by atoms with Gasteiger partial charge in [0.2, 0.25) is 5.91 Å². The average molecular weight is 426 g/mol. The number of nitrogens with one attached hydrogen (secondary N) is 1. The minimum absolute atomic E-state index is 0.00722. The minimum atomic E-state index is -0.00722. The molecule has 0 radical (unpaired) electrons. The molecule has 6 heteroatoms. The Kier molecular flexibility index (Phi) is 7.26. The van der Waals surface area contributed by atoms with Crippen LogP contribution in [0, 0.1) is 0 Å². The molecule has 2 aromatic rings. The summed E-state index contributed by atoms with van der Waals surface area (Å²) in [6, 6.07) is 7.79. The van der Waals surface area contributed by atoms with Gasteiger partial charge in [0, 0.05) is 12.6 Å². The largest absolute Gasteiger partial charge is 0.353 e. The Morgan fingerprint density at radius 2 is 1.97 bits per heavy atom. The van der Waals surface area contributed by atoms with Gasteiger partial charge in [-0.1, -0.05) is 54.8 Å². The van der Waals surface area contributed by atoms with Crippen molar-refractivity contribution in [1.29, 1.82) is 0 Å². The third-order valence-corrected chi connectivity index (χ3v) is 7.15. The van der Waals surface area contributed by atoms with Gasteiger partial charge in [-0.25, -0.2) is 4.98 Å². The molecule has 0 atom stereocenters. The van der Waals surface area contributed by atoms with E-state index in [1.54, 1.807) is 4.57 Å². The first kappa shape index (κ1) is 21.2. The van der Waals surface area contributed by atoms with E-state index in [1.807, 2.05) is 24.3 Å². The van der Waals surface area contributed by atoms with Crippen molar-refractivity contribution in [2.24, 2.45) is 0 Å². The van der Waals surface area contributed by atoms with Gasteiger partial charge < -0.3 is 5.32 Å². The number of para-hydroxylation sites is 1. The fraction of sp³-hybridized carbons (Fsp3) is 0.542. The van der Waals surface area contributed by atoms with Gasteiger partial charge in [-0.05, 0) is 57.1 Å². The number of carbonyl (C=O) groups is 1. The maximum absolute atomic E-state index is 13.2. The lowest BCUT2D eigenvalue weighted by molar-refractivity contribution is -0.119. The van der Waals surface area contributed by atoms with Crippen LogP contribution in [-0.4, -0.2) is 27.3 Å². The minimum Gasteiger partial charge on any atom is -0.353 e. The summed E-state index contributed by atoms with van der Waals surface area (Å²) in [5, 5.41) is 4.45. The third-order valence-electron chi connectivity index (χ3n) is 6.17. The zero-order valence-corrected chi connectivity index (χ0v) is 18.4. The van der Waals surface area contributed by atoms with Crippen LogP contribution in [0.3, 0.4) is 0 Å². The maximum atomic E-state index is 13.2. The molecular formula is C24H31N3O2S. The number of hydrogen-bond acceptors (Lipinski definition) is 4. The molecule has 1 saturated carbocycles. The zero-order chi connectivity index (χ0) is 20.8. The maximum Gasteiger partial charge on any atom is 0.262 e. The molecule has 0 aliphatic heterocycles. The summed E-state index contributed by atoms with van der Waals surface area (Å²) < 4.78 is 1.77. The van der Waals surface area contributed by atoms with E-state index in [-0.39, 0.29) is 11.5 Å². The van der Waals surface area contributed by atoms with E-state index >= 15 is 0 Å². The number of fused-ring (bicyclic) bond motifs is 1. The SMILES string of the molecule is O=C(CSc1nc2ccccc2c(=O)n1CCC1=CCCCC1)NC1CCCCC1. The van der Waals surface area contributed by atoms with E-state index in [2.05, 4.69) is 11.4 Å². The number of amides is 1. The van der Waals surface area contributed by atoms with E-state index in [9.17, 15) is 9.59 Å². The molecule has 2 aliphatic rings. The van der Waals surface area contributed by atoms with Gasteiger partial charge in [0.15, 0.2) is 5.16 Å². The van der Waals surface area contributed by atoms with Crippen LogP contribution in [0.1, 0.15) is 64.2 Å². The first-order valence-electron chi connectivity index (χ1n) is 11.3. The second-order valence-electron chi connectivity index (χ2n) is 8.42. The fourth-order valence-corrected chi connectivity index (χ4v) is 5.32. The first-order chi connectivity index (χ1) is 14.7. The van der Waals surface area contributed by atoms with Crippen molar-refractivity contribution in [3.05, 3.63) is 46.3 Å². The molecule has 5 nitrogen and oxygen atoms in total. The summed E-state index contributed by atoms with van der Waals surface area (Å²) in [5.74, 6) is 0.333. The highest BCUT2D eigenvalue weighted by atomic mass is 32.2. The summed E-state index contributed by atoms with van der Waals surface area (Å²) in [7, 11) is 0. The van der Waals surface area contributed by atoms with Crippen LogP contribution in [0.4, 0.5) is 0 Å². The van der Waals surface area contributed by atoms with Crippen LogP contribution >= 0.6 is 11.8 Å². The van der Waals surface area contributed by atoms with E-state index in [1.165, 1.54) is 49.4 Å². The third kappa shape index (κ3) is 5.34. The van der Waals surface area contributed by atoms with Crippen LogP contribution in [0.2, 0.25) is 0 Å². The number of carbonyl (C=O) groups excluding carboxylic acids is 1. The molecule has 2 aliphatic carbocycles. The van der Waals surface area contributed by atoms with Gasteiger partial charge in [0.05, 0.1) is 16.7 Å². The highest BCUT2D eigenvalue weighted by Crippen LogP contribution is 2.23. The lowest BCUT2D eigenvalue weighted by atomic mass is 9.95. The molecule has 0 spiro atoms. The first-order valence-corrected chi connectivity index (χ1v) is 12.3. The molecule has 1 amide bonds. The molecule has 4 rings (SSSR count). The Morgan fingerprint density at radius 1 is 1.13 bits per heavy atom. The van der Waals surface area contributed by atoms with E-state index in [0.717, 1.165) is 32.1 Å². The highest BCUT2D eigenvalue weighted by molar-refractivity contribution is 7.99. The quantitative estimate of drug-likeness (QED) is 0.392. The van der Waals surface area contributed by atoms with Crippen LogP contribution in [0.25, 0.3) is 10.9 Å². The number of rotatable bonds is 7. The smallest absolute Gasteiger partial charge is 0.262 e. The average Bonchev–Trinajstić information content (AvgIpc) is 2.78. The molecule has 1 fully saturated rings. The van der Waals surface area contributed by atoms with Crippen molar-refractivity contribution in [3.8, 4) is 0 Å². The van der Waals surface area contributed by atoms with Crippen molar-refractivity contribution in [3.63, 3.8) is 0 Å². The predicted molar refractivity (Wildman–Crippen MR) is 123 cm³/mol. The number of aromatic nitrogens is 2. The number of hydrogen-bond donors (Lipinski definition) is 1. The molecule has 0 saturated heterocycles. The van der Waals surface area contributed by atoms with Crippen LogP contribution in [0.15, 0.2) is 45.9 Å². The Bertz CT molecular complexity index is 976. The lowest BCUT2D eigenvalue weighted by Crippen LogP contribution is -2.37. The van der Waals surface area contributed by atoms with Gasteiger partial charge in [-0.15, -0.1) is 0 Å². The number of benzene rings is 1. The van der Waals surface area contributed by atoms with E-state index in [0.29, 0.717) is 34.4 Å². The van der Waals surface area contributed by atoms with Gasteiger partial charge in [0.1, 0.15) is 0 Å². The summed E-state index contributed by atoms with van der Waals surface area (Å²) in [5.41, 5.74) is 2.13. The standard InChI is InChI=1S/C24H31N3O2S/c28-22(25-19-11-5-2-6-12-19)17-30-24-26-21-14-8-7-13-20(21)23(29)27(24)16-15-18-9-3-1-4-10-18/h7-9,13-14,19H,1-6,10-12,15-17H2,(H,25,28). The van der Waals surface area contributed by atoms with Crippen molar-refractivity contribution < 1.29 is 4.79 Å². The van der Waals surface area contributed by atoms with Gasteiger partial charge in [-0.3, -0.25) is 14.2 Å². The van der Waals surface area contributed by atoms with Crippen LogP contribution in [-0.2, 0) is 11.3 Å². The Balaban J connectivity index is 1.50. The molecule has 1 heterocycles. The number of allylic oxidation sites excluding steroid dienone is 2. The second-order valence-corrected chi connectivity index (χ2v) is 9.36. The Hall–Kier alpha value is -2.08. The highest BCUT2D eigenvalue weighted by Gasteiger charge is 2.18. The van der Waals surface area contributed by atoms with Crippen molar-refractivity contribution in [2.75, 3.05) is 5.75 Å². The zero-order valence-electron chi connectivity index (χ0n) is 17.6. The van der Waals surface area contributed by atoms with E-state index in [4.69, 9.17) is 4.98 Å². The molecule has 1 aromatic carbocycles. The van der Waals surface area contributed by atoms with Crippen molar-refractivity contribution >= 4 is 28.6 Å². The monoisotopic (exact) mass is 425 g/mol. The normalized spacial score (nSPS) is 17.7. The fourth-order valence-electron chi connectivity index (χ4n) is 4.49. The summed E-state index contributed by atoms with van der Waals surface area (Å²) in [6.45, 7) is 0.620. The molecule has 160 valence electrons. The molecule has 0 bridgehead atoms. The van der Waals surface area contributed by atoms with Gasteiger partial charge in [0.25, 0.3) is 5.56 Å². The van der Waals surface area contributed by atoms with E-state index < -0.39 is 0 Å². The topological polar surface area (TPSA) is 64.0 Å². The molecule has 30 heavy (non-hydrogen) atoms. The predicted octanol–water partition coefficient (Wildman–Crippen LogP) is 4.83.